The molecule has 2 atom stereocenters. The van der Waals surface area contributed by atoms with Crippen molar-refractivity contribution >= 4 is 33.8 Å². The zero-order valence-electron chi connectivity index (χ0n) is 12.0. The highest BCUT2D eigenvalue weighted by Gasteiger charge is 2.36. The number of aromatic amines is 1. The van der Waals surface area contributed by atoms with Crippen molar-refractivity contribution < 1.29 is 4.79 Å². The average molecular weight is 351 g/mol. The SMILES string of the molecule is Br.Cc1ccc2c(C(=O)N3CCN4CCC3C4)n[nH]c2c1. The van der Waals surface area contributed by atoms with Gasteiger partial charge in [-0.2, -0.15) is 5.10 Å². The molecule has 1 N–H and O–H groups in total. The average Bonchev–Trinajstić information content (AvgIpc) is 3.02. The molecule has 2 aromatic rings. The van der Waals surface area contributed by atoms with E-state index in [1.54, 1.807) is 0 Å². The molecular formula is C15H19BrN4O. The molecule has 5 nitrogen and oxygen atoms in total. The lowest BCUT2D eigenvalue weighted by Crippen LogP contribution is -2.49. The van der Waals surface area contributed by atoms with E-state index in [1.165, 1.54) is 5.56 Å². The number of halogens is 1. The van der Waals surface area contributed by atoms with Crippen molar-refractivity contribution in [2.24, 2.45) is 0 Å². The third-order valence-corrected chi connectivity index (χ3v) is 4.53. The van der Waals surface area contributed by atoms with Crippen LogP contribution < -0.4 is 0 Å². The second-order valence-corrected chi connectivity index (χ2v) is 5.86. The van der Waals surface area contributed by atoms with Crippen molar-refractivity contribution in [3.8, 4) is 0 Å². The first kappa shape index (κ1) is 14.5. The minimum absolute atomic E-state index is 0. The fourth-order valence-electron chi connectivity index (χ4n) is 3.40. The van der Waals surface area contributed by atoms with E-state index in [0.29, 0.717) is 11.7 Å². The Bertz CT molecular complexity index is 683. The highest BCUT2D eigenvalue weighted by molar-refractivity contribution is 8.93. The van der Waals surface area contributed by atoms with Gasteiger partial charge in [0.1, 0.15) is 0 Å². The van der Waals surface area contributed by atoms with Crippen LogP contribution in [-0.2, 0) is 0 Å². The Hall–Kier alpha value is -1.40. The largest absolute Gasteiger partial charge is 0.332 e. The summed E-state index contributed by atoms with van der Waals surface area (Å²) in [6.07, 6.45) is 1.09. The maximum Gasteiger partial charge on any atom is 0.275 e. The predicted molar refractivity (Wildman–Crippen MR) is 87.0 cm³/mol. The number of carbonyl (C=O) groups excluding carboxylic acids is 1. The molecule has 2 unspecified atom stereocenters. The molecule has 112 valence electrons. The monoisotopic (exact) mass is 350 g/mol. The van der Waals surface area contributed by atoms with Crippen LogP contribution in [0.15, 0.2) is 18.2 Å². The van der Waals surface area contributed by atoms with Crippen molar-refractivity contribution in [2.45, 2.75) is 19.4 Å². The molecule has 1 aromatic heterocycles. The van der Waals surface area contributed by atoms with E-state index >= 15 is 0 Å². The van der Waals surface area contributed by atoms with Gasteiger partial charge in [0.2, 0.25) is 0 Å². The summed E-state index contributed by atoms with van der Waals surface area (Å²) in [6, 6.07) is 6.43. The lowest BCUT2D eigenvalue weighted by Gasteiger charge is -2.33. The Morgan fingerprint density at radius 2 is 2.19 bits per heavy atom. The van der Waals surface area contributed by atoms with Crippen LogP contribution in [0.1, 0.15) is 22.5 Å². The molecule has 6 heteroatoms. The van der Waals surface area contributed by atoms with Crippen LogP contribution in [0.3, 0.4) is 0 Å². The molecule has 2 aliphatic heterocycles. The third kappa shape index (κ3) is 2.36. The molecule has 2 saturated heterocycles. The van der Waals surface area contributed by atoms with Gasteiger partial charge < -0.3 is 4.90 Å². The van der Waals surface area contributed by atoms with Crippen LogP contribution in [0.2, 0.25) is 0 Å². The molecule has 2 fully saturated rings. The Morgan fingerprint density at radius 3 is 3.05 bits per heavy atom. The fraction of sp³-hybridized carbons (Fsp3) is 0.467. The number of rotatable bonds is 1. The Labute approximate surface area is 134 Å². The van der Waals surface area contributed by atoms with Gasteiger partial charge in [0.05, 0.1) is 5.52 Å². The summed E-state index contributed by atoms with van der Waals surface area (Å²) in [5.41, 5.74) is 2.68. The van der Waals surface area contributed by atoms with Gasteiger partial charge in [-0.3, -0.25) is 14.8 Å². The highest BCUT2D eigenvalue weighted by Crippen LogP contribution is 2.24. The number of hydrogen-bond acceptors (Lipinski definition) is 3. The lowest BCUT2D eigenvalue weighted by molar-refractivity contribution is 0.0605. The molecule has 0 aliphatic carbocycles. The topological polar surface area (TPSA) is 52.2 Å². The first-order valence-corrected chi connectivity index (χ1v) is 7.20. The number of fused-ring (bicyclic) bond motifs is 3. The first-order chi connectivity index (χ1) is 9.72. The molecule has 21 heavy (non-hydrogen) atoms. The maximum atomic E-state index is 12.8. The van der Waals surface area contributed by atoms with Gasteiger partial charge in [-0.05, 0) is 25.0 Å². The molecule has 4 rings (SSSR count). The number of carbonyl (C=O) groups is 1. The molecule has 2 aliphatic rings. The molecule has 1 amide bonds. The zero-order valence-corrected chi connectivity index (χ0v) is 13.7. The number of aromatic nitrogens is 2. The molecule has 3 heterocycles. The Kier molecular flexibility index (Phi) is 3.75. The zero-order chi connectivity index (χ0) is 13.7. The highest BCUT2D eigenvalue weighted by atomic mass is 79.9. The molecular weight excluding hydrogens is 332 g/mol. The molecule has 2 bridgehead atoms. The van der Waals surface area contributed by atoms with Crippen molar-refractivity contribution in [2.75, 3.05) is 26.2 Å². The standard InChI is InChI=1S/C15H18N4O.BrH/c1-10-2-3-12-13(8-10)16-17-14(12)15(20)19-7-6-18-5-4-11(19)9-18;/h2-3,8,11H,4-7,9H2,1H3,(H,16,17);1H. The van der Waals surface area contributed by atoms with Gasteiger partial charge in [-0.1, -0.05) is 12.1 Å². The van der Waals surface area contributed by atoms with Crippen LogP contribution in [0.5, 0.6) is 0 Å². The van der Waals surface area contributed by atoms with Gasteiger partial charge in [-0.15, -0.1) is 17.0 Å². The number of hydrogen-bond donors (Lipinski definition) is 1. The number of amides is 1. The fourth-order valence-corrected chi connectivity index (χ4v) is 3.40. The van der Waals surface area contributed by atoms with E-state index in [0.717, 1.165) is 43.5 Å². The minimum Gasteiger partial charge on any atom is -0.332 e. The number of piperazine rings is 1. The number of H-pyrrole nitrogens is 1. The van der Waals surface area contributed by atoms with Crippen LogP contribution in [0, 0.1) is 6.92 Å². The molecule has 1 aromatic carbocycles. The van der Waals surface area contributed by atoms with Gasteiger partial charge in [0, 0.05) is 37.6 Å². The third-order valence-electron chi connectivity index (χ3n) is 4.53. The van der Waals surface area contributed by atoms with Gasteiger partial charge in [0.15, 0.2) is 5.69 Å². The predicted octanol–water partition coefficient (Wildman–Crippen LogP) is 1.98. The van der Waals surface area contributed by atoms with Crippen LogP contribution in [0.4, 0.5) is 0 Å². The van der Waals surface area contributed by atoms with E-state index in [1.807, 2.05) is 30.0 Å². The maximum absolute atomic E-state index is 12.8. The molecule has 0 radical (unpaired) electrons. The van der Waals surface area contributed by atoms with Crippen molar-refractivity contribution in [1.29, 1.82) is 0 Å². The van der Waals surface area contributed by atoms with E-state index in [2.05, 4.69) is 15.1 Å². The van der Waals surface area contributed by atoms with Crippen molar-refractivity contribution in [3.05, 3.63) is 29.5 Å². The smallest absolute Gasteiger partial charge is 0.275 e. The van der Waals surface area contributed by atoms with Crippen molar-refractivity contribution in [3.63, 3.8) is 0 Å². The van der Waals surface area contributed by atoms with Crippen LogP contribution >= 0.6 is 17.0 Å². The summed E-state index contributed by atoms with van der Waals surface area (Å²) in [5.74, 6) is 0.0756. The van der Waals surface area contributed by atoms with Crippen molar-refractivity contribution in [1.82, 2.24) is 20.0 Å². The Balaban J connectivity index is 0.00000132. The normalized spacial score (nSPS) is 24.1. The van der Waals surface area contributed by atoms with Crippen LogP contribution in [0.25, 0.3) is 10.9 Å². The van der Waals surface area contributed by atoms with Gasteiger partial charge in [0.25, 0.3) is 5.91 Å². The van der Waals surface area contributed by atoms with Crippen LogP contribution in [-0.4, -0.2) is 58.1 Å². The lowest BCUT2D eigenvalue weighted by atomic mass is 10.1. The van der Waals surface area contributed by atoms with Gasteiger partial charge >= 0.3 is 0 Å². The van der Waals surface area contributed by atoms with Gasteiger partial charge in [-0.25, -0.2) is 0 Å². The second-order valence-electron chi connectivity index (χ2n) is 5.86. The summed E-state index contributed by atoms with van der Waals surface area (Å²) in [5, 5.41) is 8.18. The second kappa shape index (κ2) is 5.42. The first-order valence-electron chi connectivity index (χ1n) is 7.20. The van der Waals surface area contributed by atoms with E-state index in [4.69, 9.17) is 0 Å². The molecule has 0 spiro atoms. The summed E-state index contributed by atoms with van der Waals surface area (Å²) in [6.45, 7) is 6.00. The molecule has 0 saturated carbocycles. The van der Waals surface area contributed by atoms with E-state index in [-0.39, 0.29) is 22.9 Å². The summed E-state index contributed by atoms with van der Waals surface area (Å²) >= 11 is 0. The van der Waals surface area contributed by atoms with E-state index in [9.17, 15) is 4.79 Å². The number of aryl methyl sites for hydroxylation is 1. The summed E-state index contributed by atoms with van der Waals surface area (Å²) in [4.78, 5) is 17.2. The number of nitrogens with zero attached hydrogens (tertiary/aromatic N) is 3. The summed E-state index contributed by atoms with van der Waals surface area (Å²) in [7, 11) is 0. The minimum atomic E-state index is 0. The summed E-state index contributed by atoms with van der Waals surface area (Å²) < 4.78 is 0. The number of nitrogens with one attached hydrogen (secondary N) is 1. The van der Waals surface area contributed by atoms with E-state index < -0.39 is 0 Å². The Morgan fingerprint density at radius 1 is 1.33 bits per heavy atom. The number of benzene rings is 1. The quantitative estimate of drug-likeness (QED) is 0.855.